The van der Waals surface area contributed by atoms with Gasteiger partial charge in [-0.25, -0.2) is 8.42 Å². The standard InChI is InChI=1S/C21H45O3PS/c1-4-7-10-13-17-25(18-14-11-8-5-2,19-15-12-9-6-3)20-16-21-26(22,23)24/h4-21H2,1-3H3. The highest BCUT2D eigenvalue weighted by Gasteiger charge is 2.35. The van der Waals surface area contributed by atoms with E-state index in [1.54, 1.807) is 0 Å². The van der Waals surface area contributed by atoms with Gasteiger partial charge < -0.3 is 4.55 Å². The van der Waals surface area contributed by atoms with E-state index in [1.807, 2.05) is 0 Å². The Morgan fingerprint density at radius 1 is 0.577 bits per heavy atom. The maximum absolute atomic E-state index is 11.1. The largest absolute Gasteiger partial charge is 0.748 e. The third-order valence-corrected chi connectivity index (χ3v) is 11.3. The first-order valence-corrected chi connectivity index (χ1v) is 15.3. The van der Waals surface area contributed by atoms with Crippen molar-refractivity contribution in [3.8, 4) is 0 Å². The molecule has 0 saturated carbocycles. The summed E-state index contributed by atoms with van der Waals surface area (Å²) in [5.74, 6) is -0.159. The van der Waals surface area contributed by atoms with E-state index >= 15 is 0 Å². The lowest BCUT2D eigenvalue weighted by atomic mass is 10.2. The average molecular weight is 409 g/mol. The van der Waals surface area contributed by atoms with Crippen LogP contribution in [-0.2, 0) is 10.1 Å². The zero-order chi connectivity index (χ0) is 19.7. The molecule has 0 N–H and O–H groups in total. The van der Waals surface area contributed by atoms with Crippen molar-refractivity contribution in [2.45, 2.75) is 104 Å². The van der Waals surface area contributed by atoms with Crippen LogP contribution in [0.4, 0.5) is 0 Å². The average Bonchev–Trinajstić information content (AvgIpc) is 2.58. The van der Waals surface area contributed by atoms with Gasteiger partial charge in [0, 0.05) is 13.0 Å². The first-order valence-electron chi connectivity index (χ1n) is 11.2. The third-order valence-electron chi connectivity index (χ3n) is 5.48. The molecule has 0 rings (SSSR count). The fraction of sp³-hybridized carbons (Fsp3) is 1.00. The Balaban J connectivity index is 4.83. The van der Waals surface area contributed by atoms with Gasteiger partial charge in [0.1, 0.15) is 0 Å². The van der Waals surface area contributed by atoms with Gasteiger partial charge in [0.05, 0.1) is 34.8 Å². The zero-order valence-corrected chi connectivity index (χ0v) is 19.5. The van der Waals surface area contributed by atoms with Crippen molar-refractivity contribution in [1.29, 1.82) is 0 Å². The number of unbranched alkanes of at least 4 members (excludes halogenated alkanes) is 9. The molecule has 0 amide bonds. The summed E-state index contributed by atoms with van der Waals surface area (Å²) in [5.41, 5.74) is 0. The lowest BCUT2D eigenvalue weighted by molar-refractivity contribution is 0.462. The van der Waals surface area contributed by atoms with E-state index in [-0.39, 0.29) is 5.75 Å². The second-order valence-corrected chi connectivity index (χ2v) is 14.0. The van der Waals surface area contributed by atoms with Gasteiger partial charge in [-0.05, 0) is 44.9 Å². The van der Waals surface area contributed by atoms with Gasteiger partial charge in [0.25, 0.3) is 0 Å². The molecule has 0 bridgehead atoms. The van der Waals surface area contributed by atoms with E-state index in [4.69, 9.17) is 0 Å². The van der Waals surface area contributed by atoms with E-state index in [2.05, 4.69) is 20.8 Å². The summed E-state index contributed by atoms with van der Waals surface area (Å²) < 4.78 is 33.2. The molecule has 3 nitrogen and oxygen atoms in total. The molecule has 0 aromatic heterocycles. The Morgan fingerprint density at radius 2 is 0.923 bits per heavy atom. The van der Waals surface area contributed by atoms with Gasteiger partial charge in [0.15, 0.2) is 0 Å². The van der Waals surface area contributed by atoms with Crippen LogP contribution in [0.1, 0.15) is 104 Å². The van der Waals surface area contributed by atoms with Crippen LogP contribution in [0, 0.1) is 0 Å². The van der Waals surface area contributed by atoms with Gasteiger partial charge in [-0.3, -0.25) is 0 Å². The second kappa shape index (κ2) is 16.3. The highest BCUT2D eigenvalue weighted by atomic mass is 32.2. The minimum absolute atomic E-state index is 0.159. The normalized spacial score (nSPS) is 12.6. The fourth-order valence-corrected chi connectivity index (χ4v) is 9.44. The maximum atomic E-state index is 11.1. The van der Waals surface area contributed by atoms with E-state index in [0.717, 1.165) is 6.16 Å². The fourth-order valence-electron chi connectivity index (χ4n) is 3.87. The highest BCUT2D eigenvalue weighted by Crippen LogP contribution is 2.61. The molecule has 0 saturated heterocycles. The van der Waals surface area contributed by atoms with Crippen molar-refractivity contribution < 1.29 is 13.0 Å². The summed E-state index contributed by atoms with van der Waals surface area (Å²) in [6, 6.07) is 0. The van der Waals surface area contributed by atoms with E-state index in [1.165, 1.54) is 95.5 Å². The summed E-state index contributed by atoms with van der Waals surface area (Å²) in [6.07, 6.45) is 21.1. The number of hydrogen-bond donors (Lipinski definition) is 0. The van der Waals surface area contributed by atoms with Crippen molar-refractivity contribution in [2.24, 2.45) is 0 Å². The monoisotopic (exact) mass is 408 g/mol. The molecule has 0 heterocycles. The van der Waals surface area contributed by atoms with E-state index in [9.17, 15) is 13.0 Å². The lowest BCUT2D eigenvalue weighted by Crippen LogP contribution is -2.16. The Kier molecular flexibility index (Phi) is 16.5. The van der Waals surface area contributed by atoms with Crippen LogP contribution in [0.15, 0.2) is 0 Å². The van der Waals surface area contributed by atoms with Crippen LogP contribution >= 0.6 is 7.26 Å². The molecule has 0 aromatic rings. The van der Waals surface area contributed by atoms with Crippen molar-refractivity contribution >= 4 is 17.4 Å². The molecule has 0 fully saturated rings. The maximum Gasteiger partial charge on any atom is 0.0947 e. The van der Waals surface area contributed by atoms with Crippen molar-refractivity contribution in [3.05, 3.63) is 0 Å². The lowest BCUT2D eigenvalue weighted by Gasteiger charge is -2.28. The van der Waals surface area contributed by atoms with Gasteiger partial charge in [0.2, 0.25) is 0 Å². The smallest absolute Gasteiger partial charge is 0.0947 e. The first kappa shape index (κ1) is 26.3. The number of rotatable bonds is 19. The van der Waals surface area contributed by atoms with Crippen molar-refractivity contribution in [3.63, 3.8) is 0 Å². The molecule has 0 aliphatic heterocycles. The Labute approximate surface area is 165 Å². The van der Waals surface area contributed by atoms with Gasteiger partial charge in [-0.2, -0.15) is 0 Å². The summed E-state index contributed by atoms with van der Waals surface area (Å²) in [4.78, 5) is 0. The summed E-state index contributed by atoms with van der Waals surface area (Å²) in [5, 5.41) is 0. The Morgan fingerprint density at radius 3 is 1.23 bits per heavy atom. The van der Waals surface area contributed by atoms with Crippen molar-refractivity contribution in [2.75, 3.05) is 30.4 Å². The second-order valence-electron chi connectivity index (χ2n) is 8.03. The molecule has 26 heavy (non-hydrogen) atoms. The number of hydrogen-bond acceptors (Lipinski definition) is 3. The molecular weight excluding hydrogens is 363 g/mol. The van der Waals surface area contributed by atoms with Gasteiger partial charge in [-0.15, -0.1) is 0 Å². The quantitative estimate of drug-likeness (QED) is 0.136. The molecular formula is C21H45O3PS. The molecule has 0 unspecified atom stereocenters. The Hall–Kier alpha value is 0.340. The van der Waals surface area contributed by atoms with Crippen LogP contribution in [0.2, 0.25) is 0 Å². The Bertz CT molecular complexity index is 378. The topological polar surface area (TPSA) is 57.2 Å². The minimum atomic E-state index is -4.07. The first-order chi connectivity index (χ1) is 12.4. The molecule has 5 heteroatoms. The van der Waals surface area contributed by atoms with Gasteiger partial charge in [-0.1, -0.05) is 59.3 Å². The van der Waals surface area contributed by atoms with Crippen LogP contribution in [0.25, 0.3) is 0 Å². The minimum Gasteiger partial charge on any atom is -0.748 e. The van der Waals surface area contributed by atoms with Crippen LogP contribution < -0.4 is 0 Å². The van der Waals surface area contributed by atoms with Gasteiger partial charge >= 0.3 is 0 Å². The molecule has 0 aromatic carbocycles. The summed E-state index contributed by atoms with van der Waals surface area (Å²) in [7, 11) is -5.17. The molecule has 0 aliphatic rings. The van der Waals surface area contributed by atoms with E-state index in [0.29, 0.717) is 6.42 Å². The molecule has 158 valence electrons. The van der Waals surface area contributed by atoms with Crippen LogP contribution in [0.3, 0.4) is 0 Å². The zero-order valence-electron chi connectivity index (χ0n) is 17.8. The highest BCUT2D eigenvalue weighted by molar-refractivity contribution is 7.85. The van der Waals surface area contributed by atoms with E-state index < -0.39 is 17.4 Å². The molecule has 0 atom stereocenters. The summed E-state index contributed by atoms with van der Waals surface area (Å²) >= 11 is 0. The van der Waals surface area contributed by atoms with Crippen molar-refractivity contribution in [1.82, 2.24) is 0 Å². The predicted molar refractivity (Wildman–Crippen MR) is 118 cm³/mol. The molecule has 0 aliphatic carbocycles. The SMILES string of the molecule is CCCCCC[P+](CCCCCC)(CCCCCC)CCCS(=O)(=O)[O-]. The molecule has 0 radical (unpaired) electrons. The summed E-state index contributed by atoms with van der Waals surface area (Å²) in [6.45, 7) is 6.74. The molecule has 0 spiro atoms. The third kappa shape index (κ3) is 15.4. The van der Waals surface area contributed by atoms with Crippen LogP contribution in [-0.4, -0.2) is 43.4 Å². The van der Waals surface area contributed by atoms with Crippen LogP contribution in [0.5, 0.6) is 0 Å². The predicted octanol–water partition coefficient (Wildman–Crippen LogP) is 6.68.